The molecule has 0 bridgehead atoms. The molecular formula is C17H21NP+. The third-order valence-corrected chi connectivity index (χ3v) is 5.20. The molecule has 0 fully saturated rings. The van der Waals surface area contributed by atoms with Gasteiger partial charge in [-0.15, -0.1) is 0 Å². The minimum atomic E-state index is -0.344. The van der Waals surface area contributed by atoms with Gasteiger partial charge in [0.1, 0.15) is 13.7 Å². The van der Waals surface area contributed by atoms with Crippen molar-refractivity contribution in [2.45, 2.75) is 19.8 Å². The Bertz CT molecular complexity index is 575. The zero-order valence-electron chi connectivity index (χ0n) is 11.5. The van der Waals surface area contributed by atoms with Crippen LogP contribution in [0.5, 0.6) is 0 Å². The highest BCUT2D eigenvalue weighted by atomic mass is 31.1. The van der Waals surface area contributed by atoms with Gasteiger partial charge in [-0.1, -0.05) is 43.7 Å². The predicted octanol–water partition coefficient (Wildman–Crippen LogP) is 4.28. The van der Waals surface area contributed by atoms with Crippen molar-refractivity contribution >= 4 is 24.8 Å². The van der Waals surface area contributed by atoms with E-state index >= 15 is 0 Å². The molecule has 0 aromatic heterocycles. The Labute approximate surface area is 116 Å². The predicted molar refractivity (Wildman–Crippen MR) is 89.7 cm³/mol. The molecule has 0 amide bonds. The lowest BCUT2D eigenvalue weighted by Gasteiger charge is -2.07. The van der Waals surface area contributed by atoms with Gasteiger partial charge in [-0.25, -0.2) is 0 Å². The van der Waals surface area contributed by atoms with Crippen LogP contribution in [0.3, 0.4) is 0 Å². The fourth-order valence-corrected chi connectivity index (χ4v) is 3.96. The van der Waals surface area contributed by atoms with Crippen LogP contribution >= 0.6 is 7.55 Å². The molecule has 2 heteroatoms. The molecule has 0 radical (unpaired) electrons. The van der Waals surface area contributed by atoms with Gasteiger partial charge >= 0.3 is 0 Å². The monoisotopic (exact) mass is 270 g/mol. The number of para-hydroxylation sites is 1. The maximum absolute atomic E-state index is 6.11. The zero-order chi connectivity index (χ0) is 13.7. The molecule has 98 valence electrons. The van der Waals surface area contributed by atoms with Crippen LogP contribution in [0.1, 0.15) is 19.8 Å². The molecule has 0 heterocycles. The third-order valence-electron chi connectivity index (χ3n) is 3.28. The topological polar surface area (TPSA) is 26.0 Å². The highest BCUT2D eigenvalue weighted by Gasteiger charge is 2.17. The smallest absolute Gasteiger partial charge is 0.155 e. The Balaban J connectivity index is 2.42. The average Bonchev–Trinajstić information content (AvgIpc) is 2.45. The van der Waals surface area contributed by atoms with Crippen molar-refractivity contribution in [3.8, 4) is 11.1 Å². The second kappa shape index (κ2) is 6.54. The third kappa shape index (κ3) is 3.24. The Morgan fingerprint density at radius 1 is 1.00 bits per heavy atom. The van der Waals surface area contributed by atoms with E-state index in [-0.39, 0.29) is 7.55 Å². The number of anilines is 1. The van der Waals surface area contributed by atoms with Crippen molar-refractivity contribution in [3.05, 3.63) is 48.5 Å². The molecule has 2 aromatic carbocycles. The van der Waals surface area contributed by atoms with Crippen molar-refractivity contribution < 1.29 is 0 Å². The van der Waals surface area contributed by atoms with Gasteiger partial charge in [0.25, 0.3) is 0 Å². The largest absolute Gasteiger partial charge is 0.398 e. The molecule has 0 spiro atoms. The highest BCUT2D eigenvalue weighted by molar-refractivity contribution is 7.64. The van der Waals surface area contributed by atoms with Crippen molar-refractivity contribution in [1.29, 1.82) is 0 Å². The quantitative estimate of drug-likeness (QED) is 0.637. The average molecular weight is 270 g/mol. The number of nitrogen functional groups attached to an aromatic ring is 1. The van der Waals surface area contributed by atoms with Crippen molar-refractivity contribution in [2.24, 2.45) is 0 Å². The van der Waals surface area contributed by atoms with E-state index < -0.39 is 0 Å². The number of unbranched alkanes of at least 4 members (excludes halogenated alkanes) is 1. The summed E-state index contributed by atoms with van der Waals surface area (Å²) in [5.74, 6) is 0. The van der Waals surface area contributed by atoms with Gasteiger partial charge in [-0.3, -0.25) is 0 Å². The first-order valence-electron chi connectivity index (χ1n) is 6.76. The molecule has 0 aliphatic heterocycles. The van der Waals surface area contributed by atoms with Crippen LogP contribution < -0.4 is 11.0 Å². The van der Waals surface area contributed by atoms with Gasteiger partial charge in [0.15, 0.2) is 5.30 Å². The van der Waals surface area contributed by atoms with Crippen LogP contribution in [-0.2, 0) is 0 Å². The SMILES string of the molecule is C=[P+](CCCC)c1ccccc1-c1ccccc1N. The molecule has 1 nitrogen and oxygen atoms in total. The summed E-state index contributed by atoms with van der Waals surface area (Å²) < 4.78 is 0. The number of benzene rings is 2. The summed E-state index contributed by atoms with van der Waals surface area (Å²) in [5, 5.41) is 1.36. The van der Waals surface area contributed by atoms with E-state index in [9.17, 15) is 0 Å². The van der Waals surface area contributed by atoms with E-state index in [0.29, 0.717) is 0 Å². The van der Waals surface area contributed by atoms with Gasteiger partial charge in [0, 0.05) is 16.8 Å². The maximum Gasteiger partial charge on any atom is 0.155 e. The van der Waals surface area contributed by atoms with E-state index in [2.05, 4.69) is 43.6 Å². The second-order valence-corrected chi connectivity index (χ2v) is 6.73. The Morgan fingerprint density at radius 3 is 2.32 bits per heavy atom. The molecule has 0 saturated carbocycles. The number of rotatable bonds is 5. The summed E-state index contributed by atoms with van der Waals surface area (Å²) in [6.45, 7) is 2.23. The fourth-order valence-electron chi connectivity index (χ4n) is 2.19. The lowest BCUT2D eigenvalue weighted by molar-refractivity contribution is 0.895. The Kier molecular flexibility index (Phi) is 4.76. The van der Waals surface area contributed by atoms with Crippen LogP contribution in [-0.4, -0.2) is 12.5 Å². The lowest BCUT2D eigenvalue weighted by Crippen LogP contribution is -2.04. The van der Waals surface area contributed by atoms with Crippen molar-refractivity contribution in [3.63, 3.8) is 0 Å². The molecule has 0 aliphatic carbocycles. The van der Waals surface area contributed by atoms with Crippen LogP contribution in [0.4, 0.5) is 5.69 Å². The minimum Gasteiger partial charge on any atom is -0.398 e. The van der Waals surface area contributed by atoms with E-state index in [4.69, 9.17) is 5.73 Å². The summed E-state index contributed by atoms with van der Waals surface area (Å²) in [5.41, 5.74) is 9.33. The molecule has 19 heavy (non-hydrogen) atoms. The van der Waals surface area contributed by atoms with Crippen LogP contribution in [0.2, 0.25) is 0 Å². The zero-order valence-corrected chi connectivity index (χ0v) is 12.4. The molecule has 2 N–H and O–H groups in total. The van der Waals surface area contributed by atoms with E-state index in [1.165, 1.54) is 29.9 Å². The summed E-state index contributed by atoms with van der Waals surface area (Å²) in [6.07, 6.45) is 8.05. The first kappa shape index (κ1) is 13.8. The Morgan fingerprint density at radius 2 is 1.63 bits per heavy atom. The molecule has 1 unspecified atom stereocenters. The van der Waals surface area contributed by atoms with Gasteiger partial charge < -0.3 is 5.73 Å². The number of hydrogen-bond acceptors (Lipinski definition) is 1. The van der Waals surface area contributed by atoms with Crippen LogP contribution in [0.25, 0.3) is 11.1 Å². The van der Waals surface area contributed by atoms with E-state index in [0.717, 1.165) is 11.3 Å². The summed E-state index contributed by atoms with van der Waals surface area (Å²) in [4.78, 5) is 0. The highest BCUT2D eigenvalue weighted by Crippen LogP contribution is 2.31. The van der Waals surface area contributed by atoms with E-state index in [1.54, 1.807) is 0 Å². The molecule has 0 aliphatic rings. The molecule has 2 rings (SSSR count). The van der Waals surface area contributed by atoms with Crippen LogP contribution in [0, 0.1) is 0 Å². The van der Waals surface area contributed by atoms with Gasteiger partial charge in [-0.05, 0) is 24.6 Å². The van der Waals surface area contributed by atoms with Gasteiger partial charge in [0.2, 0.25) is 0 Å². The maximum atomic E-state index is 6.11. The summed E-state index contributed by atoms with van der Waals surface area (Å²) in [7, 11) is -0.344. The molecule has 2 aromatic rings. The molecule has 0 saturated heterocycles. The normalized spacial score (nSPS) is 11.3. The summed E-state index contributed by atoms with van der Waals surface area (Å²) in [6, 6.07) is 16.6. The van der Waals surface area contributed by atoms with E-state index in [1.807, 2.05) is 18.2 Å². The summed E-state index contributed by atoms with van der Waals surface area (Å²) >= 11 is 0. The number of nitrogens with two attached hydrogens (primary N) is 1. The molecular weight excluding hydrogens is 249 g/mol. The lowest BCUT2D eigenvalue weighted by atomic mass is 10.0. The fraction of sp³-hybridized carbons (Fsp3) is 0.235. The first-order chi connectivity index (χ1) is 9.24. The van der Waals surface area contributed by atoms with Gasteiger partial charge in [-0.2, -0.15) is 0 Å². The minimum absolute atomic E-state index is 0.344. The van der Waals surface area contributed by atoms with Crippen LogP contribution in [0.15, 0.2) is 48.5 Å². The van der Waals surface area contributed by atoms with Crippen molar-refractivity contribution in [1.82, 2.24) is 0 Å². The van der Waals surface area contributed by atoms with Gasteiger partial charge in [0.05, 0.1) is 6.30 Å². The first-order valence-corrected chi connectivity index (χ1v) is 8.47. The standard InChI is InChI=1S/C17H21NP/c1-3-4-13-19(2)17-12-8-6-10-15(17)14-9-5-7-11-16(14)18/h5-12H,2-4,13,18H2,1H3/q+1. The Hall–Kier alpha value is -1.59. The van der Waals surface area contributed by atoms with Crippen molar-refractivity contribution in [2.75, 3.05) is 11.9 Å². The second-order valence-electron chi connectivity index (χ2n) is 4.72. The molecule has 1 atom stereocenters. The number of hydrogen-bond donors (Lipinski definition) is 1.